The second-order valence-corrected chi connectivity index (χ2v) is 7.81. The monoisotopic (exact) mass is 289 g/mol. The van der Waals surface area contributed by atoms with Crippen molar-refractivity contribution < 1.29 is 0 Å². The molecule has 3 nitrogen and oxygen atoms in total. The van der Waals surface area contributed by atoms with Crippen molar-refractivity contribution in [2.75, 3.05) is 18.0 Å². The molecule has 2 rings (SSSR count). The van der Waals surface area contributed by atoms with Crippen molar-refractivity contribution in [3.8, 4) is 0 Å². The number of aromatic nitrogens is 1. The van der Waals surface area contributed by atoms with Crippen molar-refractivity contribution in [2.24, 2.45) is 5.92 Å². The van der Waals surface area contributed by atoms with Crippen LogP contribution in [0.15, 0.2) is 18.3 Å². The summed E-state index contributed by atoms with van der Waals surface area (Å²) in [4.78, 5) is 7.01. The van der Waals surface area contributed by atoms with Crippen LogP contribution in [0.4, 0.5) is 5.82 Å². The first kappa shape index (κ1) is 16.3. The first-order chi connectivity index (χ1) is 9.76. The molecule has 1 N–H and O–H groups in total. The Morgan fingerprint density at radius 3 is 2.62 bits per heavy atom. The maximum absolute atomic E-state index is 4.59. The Bertz CT molecular complexity index is 462. The zero-order valence-electron chi connectivity index (χ0n) is 14.5. The molecule has 2 heterocycles. The van der Waals surface area contributed by atoms with Crippen molar-refractivity contribution >= 4 is 5.82 Å². The Morgan fingerprint density at radius 2 is 2.00 bits per heavy atom. The number of rotatable bonds is 4. The Kier molecular flexibility index (Phi) is 4.92. The summed E-state index contributed by atoms with van der Waals surface area (Å²) in [6, 6.07) is 5.01. The molecule has 0 bridgehead atoms. The van der Waals surface area contributed by atoms with Crippen molar-refractivity contribution in [3.63, 3.8) is 0 Å². The maximum atomic E-state index is 4.59. The Hall–Kier alpha value is -1.09. The van der Waals surface area contributed by atoms with Gasteiger partial charge < -0.3 is 10.2 Å². The predicted octanol–water partition coefficient (Wildman–Crippen LogP) is 3.81. The number of anilines is 1. The van der Waals surface area contributed by atoms with Gasteiger partial charge in [-0.3, -0.25) is 0 Å². The fraction of sp³-hybridized carbons (Fsp3) is 0.722. The van der Waals surface area contributed by atoms with Gasteiger partial charge in [0, 0.05) is 30.9 Å². The van der Waals surface area contributed by atoms with Gasteiger partial charge in [0.25, 0.3) is 0 Å². The van der Waals surface area contributed by atoms with Gasteiger partial charge in [0.05, 0.1) is 0 Å². The molecule has 118 valence electrons. The van der Waals surface area contributed by atoms with E-state index in [2.05, 4.69) is 68.9 Å². The topological polar surface area (TPSA) is 28.2 Å². The van der Waals surface area contributed by atoms with Crippen molar-refractivity contribution in [3.05, 3.63) is 23.9 Å². The van der Waals surface area contributed by atoms with Crippen LogP contribution in [0.25, 0.3) is 0 Å². The number of hydrogen-bond donors (Lipinski definition) is 1. The molecular weight excluding hydrogens is 258 g/mol. The average molecular weight is 289 g/mol. The highest BCUT2D eigenvalue weighted by atomic mass is 15.2. The number of pyridine rings is 1. The van der Waals surface area contributed by atoms with Crippen LogP contribution in [0.5, 0.6) is 0 Å². The van der Waals surface area contributed by atoms with Gasteiger partial charge in [-0.2, -0.15) is 0 Å². The lowest BCUT2D eigenvalue weighted by Crippen LogP contribution is -2.44. The Balaban J connectivity index is 2.05. The average Bonchev–Trinajstić information content (AvgIpc) is 2.84. The first-order valence-electron chi connectivity index (χ1n) is 8.25. The molecule has 1 saturated heterocycles. The molecule has 1 aliphatic rings. The third-order valence-corrected chi connectivity index (χ3v) is 4.44. The minimum atomic E-state index is 0.183. The van der Waals surface area contributed by atoms with E-state index in [9.17, 15) is 0 Å². The largest absolute Gasteiger partial charge is 0.355 e. The SMILES string of the molecule is CC(C)[C@H](C)c1ccnc(N2CCC(NC(C)(C)C)C2)c1. The minimum absolute atomic E-state index is 0.183. The van der Waals surface area contributed by atoms with Gasteiger partial charge in [-0.1, -0.05) is 20.8 Å². The molecule has 1 aromatic rings. The van der Waals surface area contributed by atoms with E-state index in [1.165, 1.54) is 12.0 Å². The van der Waals surface area contributed by atoms with Crippen molar-refractivity contribution in [2.45, 2.75) is 65.5 Å². The first-order valence-corrected chi connectivity index (χ1v) is 8.25. The van der Waals surface area contributed by atoms with Gasteiger partial charge in [-0.25, -0.2) is 4.98 Å². The fourth-order valence-electron chi connectivity index (χ4n) is 2.97. The molecule has 3 heteroatoms. The van der Waals surface area contributed by atoms with Crippen LogP contribution < -0.4 is 10.2 Å². The predicted molar refractivity (Wildman–Crippen MR) is 91.0 cm³/mol. The van der Waals surface area contributed by atoms with Crippen LogP contribution in [0.2, 0.25) is 0 Å². The van der Waals surface area contributed by atoms with Gasteiger partial charge in [0.1, 0.15) is 5.82 Å². The molecule has 1 fully saturated rings. The molecule has 1 aromatic heterocycles. The fourth-order valence-corrected chi connectivity index (χ4v) is 2.97. The van der Waals surface area contributed by atoms with Crippen molar-refractivity contribution in [1.82, 2.24) is 10.3 Å². The third kappa shape index (κ3) is 4.44. The lowest BCUT2D eigenvalue weighted by Gasteiger charge is -2.26. The van der Waals surface area contributed by atoms with E-state index in [4.69, 9.17) is 0 Å². The van der Waals surface area contributed by atoms with E-state index in [0.717, 1.165) is 18.9 Å². The van der Waals surface area contributed by atoms with E-state index >= 15 is 0 Å². The van der Waals surface area contributed by atoms with Gasteiger partial charge in [0.15, 0.2) is 0 Å². The summed E-state index contributed by atoms with van der Waals surface area (Å²) >= 11 is 0. The zero-order valence-corrected chi connectivity index (χ0v) is 14.5. The molecular formula is C18H31N3. The van der Waals surface area contributed by atoms with Gasteiger partial charge >= 0.3 is 0 Å². The van der Waals surface area contributed by atoms with Crippen LogP contribution in [-0.2, 0) is 0 Å². The molecule has 0 aliphatic carbocycles. The highest BCUT2D eigenvalue weighted by Gasteiger charge is 2.26. The number of nitrogens with one attached hydrogen (secondary N) is 1. The molecule has 0 aromatic carbocycles. The van der Waals surface area contributed by atoms with E-state index in [1.54, 1.807) is 0 Å². The van der Waals surface area contributed by atoms with Crippen LogP contribution in [0.3, 0.4) is 0 Å². The molecule has 0 radical (unpaired) electrons. The normalized spacial score (nSPS) is 21.1. The van der Waals surface area contributed by atoms with Crippen LogP contribution >= 0.6 is 0 Å². The molecule has 0 amide bonds. The maximum Gasteiger partial charge on any atom is 0.128 e. The standard InChI is InChI=1S/C18H31N3/c1-13(2)14(3)15-7-9-19-17(11-15)21-10-8-16(12-21)20-18(4,5)6/h7,9,11,13-14,16,20H,8,10,12H2,1-6H3/t14-,16?/m0/s1. The highest BCUT2D eigenvalue weighted by molar-refractivity contribution is 5.43. The number of nitrogens with zero attached hydrogens (tertiary/aromatic N) is 2. The smallest absolute Gasteiger partial charge is 0.128 e. The third-order valence-electron chi connectivity index (χ3n) is 4.44. The Labute approximate surface area is 130 Å². The molecule has 1 unspecified atom stereocenters. The van der Waals surface area contributed by atoms with Crippen LogP contribution in [0.1, 0.15) is 59.4 Å². The minimum Gasteiger partial charge on any atom is -0.355 e. The second kappa shape index (κ2) is 6.35. The highest BCUT2D eigenvalue weighted by Crippen LogP contribution is 2.27. The van der Waals surface area contributed by atoms with E-state index < -0.39 is 0 Å². The molecule has 1 aliphatic heterocycles. The summed E-state index contributed by atoms with van der Waals surface area (Å²) < 4.78 is 0. The quantitative estimate of drug-likeness (QED) is 0.913. The van der Waals surface area contributed by atoms with Gasteiger partial charge in [-0.15, -0.1) is 0 Å². The van der Waals surface area contributed by atoms with Crippen molar-refractivity contribution in [1.29, 1.82) is 0 Å². The summed E-state index contributed by atoms with van der Waals surface area (Å²) in [5.74, 6) is 2.38. The summed E-state index contributed by atoms with van der Waals surface area (Å²) in [5.41, 5.74) is 1.59. The number of hydrogen-bond acceptors (Lipinski definition) is 3. The van der Waals surface area contributed by atoms with Gasteiger partial charge in [-0.05, 0) is 56.7 Å². The van der Waals surface area contributed by atoms with E-state index in [0.29, 0.717) is 17.9 Å². The summed E-state index contributed by atoms with van der Waals surface area (Å²) in [6.45, 7) is 15.7. The lowest BCUT2D eigenvalue weighted by molar-refractivity contribution is 0.373. The van der Waals surface area contributed by atoms with E-state index in [1.807, 2.05) is 6.20 Å². The molecule has 21 heavy (non-hydrogen) atoms. The zero-order chi connectivity index (χ0) is 15.6. The summed E-state index contributed by atoms with van der Waals surface area (Å²) in [7, 11) is 0. The summed E-state index contributed by atoms with van der Waals surface area (Å²) in [5, 5.41) is 3.70. The molecule has 2 atom stereocenters. The molecule has 0 saturated carbocycles. The van der Waals surface area contributed by atoms with E-state index in [-0.39, 0.29) is 5.54 Å². The van der Waals surface area contributed by atoms with Crippen LogP contribution in [0, 0.1) is 5.92 Å². The van der Waals surface area contributed by atoms with Gasteiger partial charge in [0.2, 0.25) is 0 Å². The van der Waals surface area contributed by atoms with Crippen LogP contribution in [-0.4, -0.2) is 29.7 Å². The Morgan fingerprint density at radius 1 is 1.29 bits per heavy atom. The molecule has 0 spiro atoms. The summed E-state index contributed by atoms with van der Waals surface area (Å²) in [6.07, 6.45) is 3.16. The lowest BCUT2D eigenvalue weighted by atomic mass is 9.91. The second-order valence-electron chi connectivity index (χ2n) is 7.81.